The van der Waals surface area contributed by atoms with Gasteiger partial charge in [-0.1, -0.05) is 25.8 Å². The highest BCUT2D eigenvalue weighted by Crippen LogP contribution is 2.34. The first-order valence-electron chi connectivity index (χ1n) is 6.61. The summed E-state index contributed by atoms with van der Waals surface area (Å²) in [6.45, 7) is 5.43. The van der Waals surface area contributed by atoms with E-state index in [1.807, 2.05) is 0 Å². The lowest BCUT2D eigenvalue weighted by atomic mass is 10.1. The molecule has 7 heteroatoms. The summed E-state index contributed by atoms with van der Waals surface area (Å²) >= 11 is 0. The predicted octanol–water partition coefficient (Wildman–Crippen LogP) is 2.19. The van der Waals surface area contributed by atoms with Gasteiger partial charge in [-0.2, -0.15) is 0 Å². The fourth-order valence-electron chi connectivity index (χ4n) is 1.55. The molecule has 0 amide bonds. The van der Waals surface area contributed by atoms with Crippen molar-refractivity contribution in [2.75, 3.05) is 12.8 Å². The van der Waals surface area contributed by atoms with Crippen LogP contribution in [-0.4, -0.2) is 34.3 Å². The SMILES string of the molecule is C=C(C)C(=O)OCCCCCCCC(=O)CP(=O)(O)O. The second-order valence-electron chi connectivity index (χ2n) is 4.80. The van der Waals surface area contributed by atoms with Crippen molar-refractivity contribution in [2.24, 2.45) is 0 Å². The largest absolute Gasteiger partial charge is 0.462 e. The molecule has 0 saturated carbocycles. The molecule has 0 atom stereocenters. The third kappa shape index (κ3) is 12.1. The summed E-state index contributed by atoms with van der Waals surface area (Å²) in [5.74, 6) is -0.776. The van der Waals surface area contributed by atoms with E-state index < -0.39 is 19.5 Å². The van der Waals surface area contributed by atoms with Gasteiger partial charge in [0.25, 0.3) is 0 Å². The van der Waals surface area contributed by atoms with Crippen LogP contribution >= 0.6 is 7.60 Å². The Morgan fingerprint density at radius 3 is 2.20 bits per heavy atom. The van der Waals surface area contributed by atoms with Crippen molar-refractivity contribution in [3.05, 3.63) is 12.2 Å². The van der Waals surface area contributed by atoms with Crippen molar-refractivity contribution in [1.82, 2.24) is 0 Å². The molecule has 0 bridgehead atoms. The quantitative estimate of drug-likeness (QED) is 0.263. The summed E-state index contributed by atoms with van der Waals surface area (Å²) in [6, 6.07) is 0. The zero-order chi connectivity index (χ0) is 15.6. The topological polar surface area (TPSA) is 101 Å². The van der Waals surface area contributed by atoms with E-state index in [1.165, 1.54) is 0 Å². The molecule has 0 spiro atoms. The van der Waals surface area contributed by atoms with Crippen LogP contribution in [-0.2, 0) is 18.9 Å². The lowest BCUT2D eigenvalue weighted by Crippen LogP contribution is -2.06. The molecular weight excluding hydrogens is 283 g/mol. The van der Waals surface area contributed by atoms with Gasteiger partial charge in [0, 0.05) is 12.0 Å². The summed E-state index contributed by atoms with van der Waals surface area (Å²) in [5.41, 5.74) is 0.383. The van der Waals surface area contributed by atoms with Gasteiger partial charge in [-0.3, -0.25) is 9.36 Å². The monoisotopic (exact) mass is 306 g/mol. The molecule has 0 aliphatic rings. The molecule has 116 valence electrons. The predicted molar refractivity (Wildman–Crippen MR) is 75.4 cm³/mol. The van der Waals surface area contributed by atoms with E-state index in [-0.39, 0.29) is 12.4 Å². The van der Waals surface area contributed by atoms with E-state index in [0.717, 1.165) is 25.7 Å². The molecule has 0 rings (SSSR count). The van der Waals surface area contributed by atoms with Crippen molar-refractivity contribution < 1.29 is 28.7 Å². The Labute approximate surface area is 119 Å². The first kappa shape index (κ1) is 19.0. The fourth-order valence-corrected chi connectivity index (χ4v) is 2.17. The Morgan fingerprint density at radius 1 is 1.10 bits per heavy atom. The zero-order valence-corrected chi connectivity index (χ0v) is 12.7. The van der Waals surface area contributed by atoms with E-state index in [4.69, 9.17) is 14.5 Å². The van der Waals surface area contributed by atoms with Crippen LogP contribution in [0.4, 0.5) is 0 Å². The van der Waals surface area contributed by atoms with E-state index in [2.05, 4.69) is 6.58 Å². The van der Waals surface area contributed by atoms with E-state index in [9.17, 15) is 14.2 Å². The van der Waals surface area contributed by atoms with Gasteiger partial charge in [-0.05, 0) is 19.8 Å². The third-order valence-electron chi connectivity index (χ3n) is 2.56. The summed E-state index contributed by atoms with van der Waals surface area (Å²) in [6.07, 6.45) is 3.53. The minimum Gasteiger partial charge on any atom is -0.462 e. The van der Waals surface area contributed by atoms with Crippen LogP contribution in [0, 0.1) is 0 Å². The fraction of sp³-hybridized carbons (Fsp3) is 0.692. The lowest BCUT2D eigenvalue weighted by molar-refractivity contribution is -0.139. The van der Waals surface area contributed by atoms with Crippen LogP contribution in [0.5, 0.6) is 0 Å². The molecule has 0 radical (unpaired) electrons. The number of unbranched alkanes of at least 4 members (excludes halogenated alkanes) is 4. The maximum Gasteiger partial charge on any atom is 0.333 e. The number of ketones is 1. The van der Waals surface area contributed by atoms with Gasteiger partial charge in [0.1, 0.15) is 11.9 Å². The van der Waals surface area contributed by atoms with Gasteiger partial charge in [0.05, 0.1) is 6.61 Å². The van der Waals surface area contributed by atoms with Gasteiger partial charge >= 0.3 is 13.6 Å². The summed E-state index contributed by atoms with van der Waals surface area (Å²) < 4.78 is 15.5. The number of ether oxygens (including phenoxy) is 1. The standard InChI is InChI=1S/C13H23O6P/c1-11(2)13(15)19-9-7-5-3-4-6-8-12(14)10-20(16,17)18/h1,3-10H2,2H3,(H2,16,17,18). The average Bonchev–Trinajstić information content (AvgIpc) is 2.29. The summed E-state index contributed by atoms with van der Waals surface area (Å²) in [5, 5.41) is 0. The molecule has 6 nitrogen and oxygen atoms in total. The summed E-state index contributed by atoms with van der Waals surface area (Å²) in [7, 11) is -4.22. The van der Waals surface area contributed by atoms with Crippen LogP contribution in [0.2, 0.25) is 0 Å². The van der Waals surface area contributed by atoms with Crippen LogP contribution in [0.15, 0.2) is 12.2 Å². The number of hydrogen-bond donors (Lipinski definition) is 2. The maximum atomic E-state index is 11.2. The number of carbonyl (C=O) groups is 2. The molecule has 20 heavy (non-hydrogen) atoms. The highest BCUT2D eigenvalue weighted by atomic mass is 31.2. The van der Waals surface area contributed by atoms with Gasteiger partial charge in [0.15, 0.2) is 0 Å². The van der Waals surface area contributed by atoms with Crippen LogP contribution in [0.25, 0.3) is 0 Å². The van der Waals surface area contributed by atoms with E-state index in [1.54, 1.807) is 6.92 Å². The van der Waals surface area contributed by atoms with Crippen molar-refractivity contribution in [1.29, 1.82) is 0 Å². The number of Topliss-reactive ketones (excluding diaryl/α,β-unsaturated/α-hetero) is 1. The number of carbonyl (C=O) groups excluding carboxylic acids is 2. The van der Waals surface area contributed by atoms with Crippen molar-refractivity contribution in [3.8, 4) is 0 Å². The smallest absolute Gasteiger partial charge is 0.333 e. The molecule has 0 aromatic carbocycles. The number of hydrogen-bond acceptors (Lipinski definition) is 4. The molecular formula is C13H23O6P. The Balaban J connectivity index is 3.41. The van der Waals surface area contributed by atoms with E-state index in [0.29, 0.717) is 18.6 Å². The second kappa shape index (κ2) is 9.86. The third-order valence-corrected chi connectivity index (χ3v) is 3.33. The second-order valence-corrected chi connectivity index (χ2v) is 6.44. The van der Waals surface area contributed by atoms with Crippen molar-refractivity contribution >= 4 is 19.3 Å². The lowest BCUT2D eigenvalue weighted by Gasteiger charge is -2.05. The van der Waals surface area contributed by atoms with Crippen LogP contribution in [0.1, 0.15) is 45.4 Å². The molecule has 0 aromatic heterocycles. The first-order valence-corrected chi connectivity index (χ1v) is 8.41. The molecule has 0 heterocycles. The van der Waals surface area contributed by atoms with Crippen molar-refractivity contribution in [2.45, 2.75) is 45.4 Å². The van der Waals surface area contributed by atoms with E-state index >= 15 is 0 Å². The van der Waals surface area contributed by atoms with Gasteiger partial charge in [0.2, 0.25) is 0 Å². The molecule has 0 aliphatic carbocycles. The van der Waals surface area contributed by atoms with Crippen molar-refractivity contribution in [3.63, 3.8) is 0 Å². The van der Waals surface area contributed by atoms with Gasteiger partial charge < -0.3 is 14.5 Å². The Bertz CT molecular complexity index is 384. The minimum absolute atomic E-state index is 0.204. The number of rotatable bonds is 11. The highest BCUT2D eigenvalue weighted by Gasteiger charge is 2.18. The Hall–Kier alpha value is -0.970. The molecule has 0 saturated heterocycles. The average molecular weight is 306 g/mol. The van der Waals surface area contributed by atoms with Gasteiger partial charge in [-0.25, -0.2) is 4.79 Å². The molecule has 0 aliphatic heterocycles. The zero-order valence-electron chi connectivity index (χ0n) is 11.8. The minimum atomic E-state index is -4.22. The molecule has 2 N–H and O–H groups in total. The van der Waals surface area contributed by atoms with Crippen LogP contribution in [0.3, 0.4) is 0 Å². The Morgan fingerprint density at radius 2 is 1.65 bits per heavy atom. The number of esters is 1. The summed E-state index contributed by atoms with van der Waals surface area (Å²) in [4.78, 5) is 39.4. The normalized spacial score (nSPS) is 11.2. The highest BCUT2D eigenvalue weighted by molar-refractivity contribution is 7.52. The maximum absolute atomic E-state index is 11.2. The molecule has 0 aromatic rings. The van der Waals surface area contributed by atoms with Gasteiger partial charge in [-0.15, -0.1) is 0 Å². The Kier molecular flexibility index (Phi) is 9.38. The van der Waals surface area contributed by atoms with Crippen LogP contribution < -0.4 is 0 Å². The molecule has 0 unspecified atom stereocenters. The first-order chi connectivity index (χ1) is 9.22. The molecule has 0 fully saturated rings.